The monoisotopic (exact) mass is 362 g/mol. The number of rotatable bonds is 7. The zero-order valence-corrected chi connectivity index (χ0v) is 14.8. The highest BCUT2D eigenvalue weighted by molar-refractivity contribution is 6.05. The lowest BCUT2D eigenvalue weighted by atomic mass is 10.1. The van der Waals surface area contributed by atoms with Crippen molar-refractivity contribution in [2.24, 2.45) is 0 Å². The quantitative estimate of drug-likeness (QED) is 0.657. The molecule has 2 aliphatic rings. The van der Waals surface area contributed by atoms with Gasteiger partial charge in [0.2, 0.25) is 12.7 Å². The first-order valence-corrected chi connectivity index (χ1v) is 8.36. The number of carbonyl (C=O) groups is 3. The van der Waals surface area contributed by atoms with Crippen LogP contribution in [0.3, 0.4) is 0 Å². The molecule has 0 saturated carbocycles. The average Bonchev–Trinajstić information content (AvgIpc) is 3.14. The Morgan fingerprint density at radius 3 is 2.85 bits per heavy atom. The summed E-state index contributed by atoms with van der Waals surface area (Å²) in [5.74, 6) is 0.551. The minimum atomic E-state index is -0.837. The first-order chi connectivity index (χ1) is 12.4. The zero-order valence-electron chi connectivity index (χ0n) is 14.8. The normalized spacial score (nSPS) is 18.4. The second-order valence-corrected chi connectivity index (χ2v) is 6.47. The lowest BCUT2D eigenvalue weighted by Gasteiger charge is -2.14. The zero-order chi connectivity index (χ0) is 18.7. The summed E-state index contributed by atoms with van der Waals surface area (Å²) in [4.78, 5) is 39.6. The van der Waals surface area contributed by atoms with Crippen molar-refractivity contribution in [1.29, 1.82) is 0 Å². The van der Waals surface area contributed by atoms with Gasteiger partial charge in [-0.15, -0.1) is 0 Å². The van der Waals surface area contributed by atoms with E-state index in [9.17, 15) is 14.4 Å². The number of nitrogens with zero attached hydrogens (tertiary/aromatic N) is 2. The van der Waals surface area contributed by atoms with E-state index in [1.165, 1.54) is 0 Å². The van der Waals surface area contributed by atoms with Crippen molar-refractivity contribution in [2.45, 2.75) is 19.0 Å². The van der Waals surface area contributed by atoms with Crippen molar-refractivity contribution in [3.8, 4) is 11.5 Å². The van der Waals surface area contributed by atoms with Crippen LogP contribution in [0.15, 0.2) is 18.2 Å². The van der Waals surface area contributed by atoms with Crippen LogP contribution in [0.2, 0.25) is 0 Å². The van der Waals surface area contributed by atoms with Crippen molar-refractivity contribution in [2.75, 3.05) is 34.0 Å². The molecule has 1 aromatic rings. The number of fused-ring (bicyclic) bond motifs is 1. The highest BCUT2D eigenvalue weighted by atomic mass is 16.7. The van der Waals surface area contributed by atoms with Crippen LogP contribution in [-0.4, -0.2) is 67.7 Å². The molecule has 9 heteroatoms. The maximum Gasteiger partial charge on any atom is 0.325 e. The van der Waals surface area contributed by atoms with Gasteiger partial charge in [0.1, 0.15) is 6.04 Å². The van der Waals surface area contributed by atoms with Gasteiger partial charge in [-0.2, -0.15) is 0 Å². The minimum absolute atomic E-state index is 0.0738. The van der Waals surface area contributed by atoms with Gasteiger partial charge >= 0.3 is 6.03 Å². The predicted octanol–water partition coefficient (Wildman–Crippen LogP) is -0.0964. The Morgan fingerprint density at radius 2 is 2.08 bits per heavy atom. The topological polar surface area (TPSA) is 100 Å². The van der Waals surface area contributed by atoms with Crippen LogP contribution < -0.4 is 20.1 Å². The van der Waals surface area contributed by atoms with Gasteiger partial charge in [-0.25, -0.2) is 4.79 Å². The molecule has 1 fully saturated rings. The summed E-state index contributed by atoms with van der Waals surface area (Å²) in [5, 5.41) is 5.30. The summed E-state index contributed by atoms with van der Waals surface area (Å²) in [5.41, 5.74) is 0.744. The molecule has 2 aliphatic heterocycles. The number of hydrogen-bond acceptors (Lipinski definition) is 6. The van der Waals surface area contributed by atoms with E-state index in [1.54, 1.807) is 18.2 Å². The lowest BCUT2D eigenvalue weighted by Crippen LogP contribution is -2.38. The predicted molar refractivity (Wildman–Crippen MR) is 91.6 cm³/mol. The molecule has 9 nitrogen and oxygen atoms in total. The summed E-state index contributed by atoms with van der Waals surface area (Å²) in [7, 11) is 3.81. The largest absolute Gasteiger partial charge is 0.454 e. The molecule has 26 heavy (non-hydrogen) atoms. The average molecular weight is 362 g/mol. The fraction of sp³-hybridized carbons (Fsp3) is 0.471. The second kappa shape index (κ2) is 7.61. The van der Waals surface area contributed by atoms with Crippen molar-refractivity contribution >= 4 is 17.8 Å². The van der Waals surface area contributed by atoms with E-state index in [0.29, 0.717) is 24.6 Å². The lowest BCUT2D eigenvalue weighted by molar-refractivity contribution is -0.131. The number of imide groups is 1. The molecule has 0 bridgehead atoms. The molecule has 1 atom stereocenters. The maximum absolute atomic E-state index is 12.5. The fourth-order valence-electron chi connectivity index (χ4n) is 2.76. The summed E-state index contributed by atoms with van der Waals surface area (Å²) < 4.78 is 10.5. The van der Waals surface area contributed by atoms with Gasteiger partial charge < -0.3 is 25.0 Å². The summed E-state index contributed by atoms with van der Waals surface area (Å²) in [6.45, 7) is 1.46. The van der Waals surface area contributed by atoms with E-state index < -0.39 is 18.0 Å². The van der Waals surface area contributed by atoms with Crippen LogP contribution in [0.4, 0.5) is 4.79 Å². The summed E-state index contributed by atoms with van der Waals surface area (Å²) in [6.07, 6.45) is -0.0738. The number of carbonyl (C=O) groups excluding carboxylic acids is 3. The van der Waals surface area contributed by atoms with Crippen molar-refractivity contribution in [1.82, 2.24) is 20.4 Å². The van der Waals surface area contributed by atoms with Gasteiger partial charge in [0.25, 0.3) is 5.91 Å². The number of amides is 4. The highest BCUT2D eigenvalue weighted by Crippen LogP contribution is 2.33. The standard InChI is InChI=1S/C17H22N4O5/c1-20(2)6-5-18-15(22)8-12-16(23)21(17(24)19-12)9-11-3-4-13-14(7-11)26-10-25-13/h3-4,7,12H,5-6,8-10H2,1-2H3,(H,18,22)(H,19,24)/t12-/m1/s1. The molecule has 0 unspecified atom stereocenters. The first-order valence-electron chi connectivity index (χ1n) is 8.36. The van der Waals surface area contributed by atoms with Crippen LogP contribution in [0.1, 0.15) is 12.0 Å². The number of ether oxygens (including phenoxy) is 2. The van der Waals surface area contributed by atoms with Crippen LogP contribution in [0.5, 0.6) is 11.5 Å². The molecule has 1 saturated heterocycles. The van der Waals surface area contributed by atoms with E-state index in [0.717, 1.165) is 10.5 Å². The molecule has 1 aromatic carbocycles. The third-order valence-corrected chi connectivity index (χ3v) is 4.16. The van der Waals surface area contributed by atoms with Gasteiger partial charge in [-0.05, 0) is 31.8 Å². The maximum atomic E-state index is 12.5. The van der Waals surface area contributed by atoms with Gasteiger partial charge in [-0.3, -0.25) is 14.5 Å². The molecule has 140 valence electrons. The second-order valence-electron chi connectivity index (χ2n) is 6.47. The SMILES string of the molecule is CN(C)CCNC(=O)C[C@H]1NC(=O)N(Cc2ccc3c(c2)OCO3)C1=O. The van der Waals surface area contributed by atoms with Gasteiger partial charge in [0, 0.05) is 13.1 Å². The Morgan fingerprint density at radius 1 is 1.31 bits per heavy atom. The van der Waals surface area contributed by atoms with Gasteiger partial charge in [0.05, 0.1) is 13.0 Å². The number of hydrogen-bond donors (Lipinski definition) is 2. The summed E-state index contributed by atoms with van der Waals surface area (Å²) >= 11 is 0. The Kier molecular flexibility index (Phi) is 5.27. The third kappa shape index (κ3) is 4.05. The number of benzene rings is 1. The number of urea groups is 1. The van der Waals surface area contributed by atoms with Crippen LogP contribution in [0, 0.1) is 0 Å². The highest BCUT2D eigenvalue weighted by Gasteiger charge is 2.39. The molecular weight excluding hydrogens is 340 g/mol. The van der Waals surface area contributed by atoms with Crippen LogP contribution in [-0.2, 0) is 16.1 Å². The van der Waals surface area contributed by atoms with E-state index in [4.69, 9.17) is 9.47 Å². The Bertz CT molecular complexity index is 721. The molecule has 0 aromatic heterocycles. The van der Waals surface area contributed by atoms with Crippen molar-refractivity contribution in [3.63, 3.8) is 0 Å². The first kappa shape index (κ1) is 18.0. The van der Waals surface area contributed by atoms with E-state index in [1.807, 2.05) is 19.0 Å². The molecule has 2 N–H and O–H groups in total. The molecular formula is C17H22N4O5. The Balaban J connectivity index is 1.56. The molecule has 3 rings (SSSR count). The van der Waals surface area contributed by atoms with Crippen LogP contribution in [0.25, 0.3) is 0 Å². The molecule has 0 radical (unpaired) electrons. The molecule has 0 spiro atoms. The smallest absolute Gasteiger partial charge is 0.325 e. The minimum Gasteiger partial charge on any atom is -0.454 e. The Hall–Kier alpha value is -2.81. The molecule has 2 heterocycles. The van der Waals surface area contributed by atoms with Gasteiger partial charge in [0.15, 0.2) is 11.5 Å². The summed E-state index contributed by atoms with van der Waals surface area (Å²) in [6, 6.07) is 3.92. The fourth-order valence-corrected chi connectivity index (χ4v) is 2.76. The third-order valence-electron chi connectivity index (χ3n) is 4.16. The molecule has 4 amide bonds. The van der Waals surface area contributed by atoms with Crippen molar-refractivity contribution in [3.05, 3.63) is 23.8 Å². The Labute approximate surface area is 151 Å². The number of nitrogens with one attached hydrogen (secondary N) is 2. The number of likely N-dealkylation sites (N-methyl/N-ethyl adjacent to an activating group) is 1. The van der Waals surface area contributed by atoms with E-state index >= 15 is 0 Å². The van der Waals surface area contributed by atoms with Gasteiger partial charge in [-0.1, -0.05) is 6.07 Å². The van der Waals surface area contributed by atoms with Crippen molar-refractivity contribution < 1.29 is 23.9 Å². The van der Waals surface area contributed by atoms with E-state index in [2.05, 4.69) is 10.6 Å². The molecule has 0 aliphatic carbocycles. The van der Waals surface area contributed by atoms with Crippen LogP contribution >= 0.6 is 0 Å². The van der Waals surface area contributed by atoms with E-state index in [-0.39, 0.29) is 25.7 Å².